The van der Waals surface area contributed by atoms with Crippen molar-refractivity contribution in [1.82, 2.24) is 20.8 Å². The normalized spacial score (nSPS) is 10.5. The standard InChI is InChI=1S/C22H15ClN4O2/c23-15-10-8-14(9-11-15)20-13-17(16-5-1-2-6-18(16)25-20)21(28)26-27-22(29)19-7-3-4-12-24-19/h1-13H,(H,26,28)(H,27,29). The Bertz CT molecular complexity index is 1190. The van der Waals surface area contributed by atoms with Gasteiger partial charge in [0.05, 0.1) is 16.8 Å². The van der Waals surface area contributed by atoms with Gasteiger partial charge in [0.1, 0.15) is 5.69 Å². The minimum absolute atomic E-state index is 0.203. The maximum atomic E-state index is 12.8. The van der Waals surface area contributed by atoms with Crippen LogP contribution in [-0.4, -0.2) is 21.8 Å². The molecule has 0 aliphatic carbocycles. The summed E-state index contributed by atoms with van der Waals surface area (Å²) in [5.41, 5.74) is 7.55. The maximum Gasteiger partial charge on any atom is 0.288 e. The van der Waals surface area contributed by atoms with Crippen LogP contribution < -0.4 is 10.9 Å². The molecule has 0 atom stereocenters. The zero-order valence-corrected chi connectivity index (χ0v) is 15.9. The first kappa shape index (κ1) is 18.6. The topological polar surface area (TPSA) is 84.0 Å². The lowest BCUT2D eigenvalue weighted by molar-refractivity contribution is 0.0845. The highest BCUT2D eigenvalue weighted by Gasteiger charge is 2.15. The number of carbonyl (C=O) groups excluding carboxylic acids is 2. The van der Waals surface area contributed by atoms with Crippen molar-refractivity contribution in [2.45, 2.75) is 0 Å². The average Bonchev–Trinajstić information content (AvgIpc) is 2.77. The fourth-order valence-electron chi connectivity index (χ4n) is 2.87. The molecule has 0 bridgehead atoms. The summed E-state index contributed by atoms with van der Waals surface area (Å²) >= 11 is 5.97. The molecule has 0 saturated heterocycles. The molecule has 2 amide bonds. The third-order valence-electron chi connectivity index (χ3n) is 4.29. The zero-order chi connectivity index (χ0) is 20.2. The van der Waals surface area contributed by atoms with E-state index in [0.29, 0.717) is 27.2 Å². The molecule has 2 aromatic carbocycles. The number of hydrazine groups is 1. The van der Waals surface area contributed by atoms with Crippen LogP contribution in [0.15, 0.2) is 79.0 Å². The molecule has 2 heterocycles. The monoisotopic (exact) mass is 402 g/mol. The van der Waals surface area contributed by atoms with Crippen LogP contribution in [0, 0.1) is 0 Å². The van der Waals surface area contributed by atoms with Gasteiger partial charge in [0.2, 0.25) is 0 Å². The van der Waals surface area contributed by atoms with E-state index in [0.717, 1.165) is 5.56 Å². The molecule has 0 aliphatic heterocycles. The van der Waals surface area contributed by atoms with E-state index in [9.17, 15) is 9.59 Å². The first-order chi connectivity index (χ1) is 14.1. The van der Waals surface area contributed by atoms with Gasteiger partial charge in [-0.2, -0.15) is 0 Å². The Balaban J connectivity index is 1.65. The van der Waals surface area contributed by atoms with E-state index in [2.05, 4.69) is 20.8 Å². The summed E-state index contributed by atoms with van der Waals surface area (Å²) in [7, 11) is 0. The van der Waals surface area contributed by atoms with Crippen LogP contribution in [0.3, 0.4) is 0 Å². The predicted octanol–water partition coefficient (Wildman–Crippen LogP) is 4.03. The van der Waals surface area contributed by atoms with Crippen LogP contribution in [-0.2, 0) is 0 Å². The Morgan fingerprint density at radius 2 is 1.55 bits per heavy atom. The highest BCUT2D eigenvalue weighted by molar-refractivity contribution is 6.30. The molecule has 2 aromatic heterocycles. The molecule has 0 saturated carbocycles. The number of halogens is 1. The van der Waals surface area contributed by atoms with Crippen molar-refractivity contribution >= 4 is 34.3 Å². The van der Waals surface area contributed by atoms with Crippen LogP contribution in [0.5, 0.6) is 0 Å². The van der Waals surface area contributed by atoms with Gasteiger partial charge in [-0.05, 0) is 36.4 Å². The number of pyridine rings is 2. The van der Waals surface area contributed by atoms with Gasteiger partial charge >= 0.3 is 0 Å². The van der Waals surface area contributed by atoms with Crippen molar-refractivity contribution in [3.63, 3.8) is 0 Å². The lowest BCUT2D eigenvalue weighted by atomic mass is 10.0. The Hall–Kier alpha value is -3.77. The fraction of sp³-hybridized carbons (Fsp3) is 0. The van der Waals surface area contributed by atoms with Gasteiger partial charge in [-0.15, -0.1) is 0 Å². The van der Waals surface area contributed by atoms with Crippen LogP contribution in [0.2, 0.25) is 5.02 Å². The summed E-state index contributed by atoms with van der Waals surface area (Å²) in [6.07, 6.45) is 1.51. The largest absolute Gasteiger partial charge is 0.288 e. The SMILES string of the molecule is O=C(NNC(=O)c1cc(-c2ccc(Cl)cc2)nc2ccccc12)c1ccccn1. The number of benzene rings is 2. The minimum atomic E-state index is -0.504. The number of carbonyl (C=O) groups is 2. The molecule has 0 radical (unpaired) electrons. The molecule has 29 heavy (non-hydrogen) atoms. The molecule has 142 valence electrons. The van der Waals surface area contributed by atoms with Crippen LogP contribution in [0.4, 0.5) is 0 Å². The molecule has 4 aromatic rings. The van der Waals surface area contributed by atoms with E-state index in [-0.39, 0.29) is 5.69 Å². The van der Waals surface area contributed by atoms with Crippen molar-refractivity contribution in [3.8, 4) is 11.3 Å². The van der Waals surface area contributed by atoms with E-state index >= 15 is 0 Å². The smallest absolute Gasteiger partial charge is 0.267 e. The molecule has 0 spiro atoms. The van der Waals surface area contributed by atoms with Crippen molar-refractivity contribution in [2.75, 3.05) is 0 Å². The van der Waals surface area contributed by atoms with E-state index in [1.54, 1.807) is 36.4 Å². The van der Waals surface area contributed by atoms with E-state index < -0.39 is 11.8 Å². The Morgan fingerprint density at radius 1 is 0.828 bits per heavy atom. The van der Waals surface area contributed by atoms with Crippen molar-refractivity contribution < 1.29 is 9.59 Å². The van der Waals surface area contributed by atoms with Crippen molar-refractivity contribution in [3.05, 3.63) is 95.3 Å². The lowest BCUT2D eigenvalue weighted by Gasteiger charge is -2.11. The molecule has 4 rings (SSSR count). The van der Waals surface area contributed by atoms with E-state index in [1.807, 2.05) is 36.4 Å². The van der Waals surface area contributed by atoms with Gasteiger partial charge in [-0.1, -0.05) is 48.0 Å². The van der Waals surface area contributed by atoms with E-state index in [4.69, 9.17) is 11.6 Å². The van der Waals surface area contributed by atoms with Gasteiger partial charge in [0.15, 0.2) is 0 Å². The Labute approximate surface area is 171 Å². The summed E-state index contributed by atoms with van der Waals surface area (Å²) in [6, 6.07) is 21.2. The molecule has 2 N–H and O–H groups in total. The van der Waals surface area contributed by atoms with Crippen LogP contribution in [0.1, 0.15) is 20.8 Å². The first-order valence-corrected chi connectivity index (χ1v) is 9.17. The number of para-hydroxylation sites is 1. The Morgan fingerprint density at radius 3 is 2.31 bits per heavy atom. The molecular weight excluding hydrogens is 388 g/mol. The fourth-order valence-corrected chi connectivity index (χ4v) is 3.00. The number of fused-ring (bicyclic) bond motifs is 1. The number of amides is 2. The summed E-state index contributed by atoms with van der Waals surface area (Å²) in [5.74, 6) is -0.960. The summed E-state index contributed by atoms with van der Waals surface area (Å²) in [5, 5.41) is 1.29. The first-order valence-electron chi connectivity index (χ1n) is 8.79. The number of rotatable bonds is 3. The number of hydrogen-bond acceptors (Lipinski definition) is 4. The van der Waals surface area contributed by atoms with Crippen molar-refractivity contribution in [2.24, 2.45) is 0 Å². The lowest BCUT2D eigenvalue weighted by Crippen LogP contribution is -2.42. The van der Waals surface area contributed by atoms with Gasteiger partial charge in [0.25, 0.3) is 11.8 Å². The minimum Gasteiger partial charge on any atom is -0.267 e. The second-order valence-corrected chi connectivity index (χ2v) is 6.64. The molecule has 0 aliphatic rings. The zero-order valence-electron chi connectivity index (χ0n) is 15.1. The second kappa shape index (κ2) is 8.08. The van der Waals surface area contributed by atoms with Crippen molar-refractivity contribution in [1.29, 1.82) is 0 Å². The summed E-state index contributed by atoms with van der Waals surface area (Å²) in [6.45, 7) is 0. The number of nitrogens with one attached hydrogen (secondary N) is 2. The van der Waals surface area contributed by atoms with Gasteiger partial charge < -0.3 is 0 Å². The van der Waals surface area contributed by atoms with Gasteiger partial charge in [0, 0.05) is 22.2 Å². The average molecular weight is 403 g/mol. The third-order valence-corrected chi connectivity index (χ3v) is 4.54. The second-order valence-electron chi connectivity index (χ2n) is 6.20. The molecule has 7 heteroatoms. The highest BCUT2D eigenvalue weighted by Crippen LogP contribution is 2.25. The number of aromatic nitrogens is 2. The highest BCUT2D eigenvalue weighted by atomic mass is 35.5. The maximum absolute atomic E-state index is 12.8. The summed E-state index contributed by atoms with van der Waals surface area (Å²) in [4.78, 5) is 33.6. The molecule has 0 fully saturated rings. The molecule has 6 nitrogen and oxygen atoms in total. The number of hydrogen-bond donors (Lipinski definition) is 2. The van der Waals surface area contributed by atoms with Crippen LogP contribution in [0.25, 0.3) is 22.2 Å². The third kappa shape index (κ3) is 4.07. The van der Waals surface area contributed by atoms with Gasteiger partial charge in [-0.3, -0.25) is 25.4 Å². The van der Waals surface area contributed by atoms with Gasteiger partial charge in [-0.25, -0.2) is 4.98 Å². The number of nitrogens with zero attached hydrogens (tertiary/aromatic N) is 2. The molecular formula is C22H15ClN4O2. The predicted molar refractivity (Wildman–Crippen MR) is 111 cm³/mol. The van der Waals surface area contributed by atoms with Crippen LogP contribution >= 0.6 is 11.6 Å². The quantitative estimate of drug-likeness (QED) is 0.507. The molecule has 0 unspecified atom stereocenters. The summed E-state index contributed by atoms with van der Waals surface area (Å²) < 4.78 is 0. The van der Waals surface area contributed by atoms with E-state index in [1.165, 1.54) is 6.20 Å². The Kier molecular flexibility index (Phi) is 5.18.